The summed E-state index contributed by atoms with van der Waals surface area (Å²) in [7, 11) is 1.87. The van der Waals surface area contributed by atoms with Gasteiger partial charge in [0, 0.05) is 18.9 Å². The minimum atomic E-state index is -2.45. The molecule has 1 nitrogen and oxygen atoms in total. The Hall–Kier alpha value is -0.960. The van der Waals surface area contributed by atoms with Crippen LogP contribution in [0.1, 0.15) is 30.4 Å². The first-order valence-corrected chi connectivity index (χ1v) is 6.61. The number of halogens is 2. The van der Waals surface area contributed by atoms with Crippen molar-refractivity contribution in [3.05, 3.63) is 35.4 Å². The first-order valence-electron chi connectivity index (χ1n) is 6.61. The summed E-state index contributed by atoms with van der Waals surface area (Å²) < 4.78 is 26.6. The fourth-order valence-electron chi connectivity index (χ4n) is 2.91. The van der Waals surface area contributed by atoms with Crippen LogP contribution < -0.4 is 5.32 Å². The number of alkyl halides is 2. The zero-order valence-electron chi connectivity index (χ0n) is 11.0. The second kappa shape index (κ2) is 5.35. The van der Waals surface area contributed by atoms with E-state index in [1.165, 1.54) is 11.1 Å². The Labute approximate surface area is 108 Å². The van der Waals surface area contributed by atoms with Crippen LogP contribution in [0.15, 0.2) is 24.3 Å². The van der Waals surface area contributed by atoms with Crippen LogP contribution in [-0.2, 0) is 6.42 Å². The highest BCUT2D eigenvalue weighted by Gasteiger charge is 2.42. The van der Waals surface area contributed by atoms with Gasteiger partial charge in [-0.1, -0.05) is 24.3 Å². The third kappa shape index (κ3) is 3.08. The van der Waals surface area contributed by atoms with Gasteiger partial charge in [0.15, 0.2) is 0 Å². The number of rotatable bonds is 4. The number of likely N-dealkylation sites (N-methyl/N-ethyl adjacent to an activating group) is 1. The van der Waals surface area contributed by atoms with Crippen molar-refractivity contribution >= 4 is 0 Å². The monoisotopic (exact) mass is 253 g/mol. The van der Waals surface area contributed by atoms with Crippen molar-refractivity contribution in [2.45, 2.75) is 44.6 Å². The lowest BCUT2D eigenvalue weighted by atomic mass is 9.90. The van der Waals surface area contributed by atoms with Crippen molar-refractivity contribution in [1.29, 1.82) is 0 Å². The van der Waals surface area contributed by atoms with Gasteiger partial charge in [0.2, 0.25) is 5.92 Å². The lowest BCUT2D eigenvalue weighted by molar-refractivity contribution is 0.00343. The first kappa shape index (κ1) is 13.5. The molecule has 1 saturated carbocycles. The Morgan fingerprint density at radius 2 is 2.11 bits per heavy atom. The van der Waals surface area contributed by atoms with Crippen LogP contribution in [0.2, 0.25) is 0 Å². The van der Waals surface area contributed by atoms with E-state index in [1.54, 1.807) is 0 Å². The average molecular weight is 253 g/mol. The van der Waals surface area contributed by atoms with Crippen LogP contribution in [0, 0.1) is 12.8 Å². The zero-order valence-corrected chi connectivity index (χ0v) is 11.0. The molecule has 1 aromatic carbocycles. The summed E-state index contributed by atoms with van der Waals surface area (Å²) in [6, 6.07) is 8.34. The first-order chi connectivity index (χ1) is 8.52. The molecule has 0 radical (unpaired) electrons. The predicted octanol–water partition coefficient (Wildman–Crippen LogP) is 3.56. The van der Waals surface area contributed by atoms with Gasteiger partial charge in [-0.3, -0.25) is 0 Å². The van der Waals surface area contributed by atoms with Crippen LogP contribution in [0.3, 0.4) is 0 Å². The van der Waals surface area contributed by atoms with Crippen molar-refractivity contribution in [2.24, 2.45) is 5.92 Å². The molecule has 2 atom stereocenters. The van der Waals surface area contributed by atoms with Gasteiger partial charge in [-0.2, -0.15) is 0 Å². The second-order valence-corrected chi connectivity index (χ2v) is 5.38. The fourth-order valence-corrected chi connectivity index (χ4v) is 2.91. The van der Waals surface area contributed by atoms with E-state index in [4.69, 9.17) is 0 Å². The normalized spacial score (nSPS) is 24.1. The Morgan fingerprint density at radius 3 is 2.67 bits per heavy atom. The topological polar surface area (TPSA) is 12.0 Å². The number of hydrogen-bond donors (Lipinski definition) is 1. The van der Waals surface area contributed by atoms with Gasteiger partial charge in [-0.05, 0) is 43.9 Å². The SMILES string of the molecule is CNC(Cc1ccccc1C)C1CCC(F)(F)C1. The van der Waals surface area contributed by atoms with Gasteiger partial charge < -0.3 is 5.32 Å². The molecule has 100 valence electrons. The Bertz CT molecular complexity index is 403. The molecule has 1 aliphatic carbocycles. The van der Waals surface area contributed by atoms with E-state index in [0.717, 1.165) is 6.42 Å². The molecular weight excluding hydrogens is 232 g/mol. The van der Waals surface area contributed by atoms with Crippen LogP contribution in [-0.4, -0.2) is 19.0 Å². The van der Waals surface area contributed by atoms with Crippen molar-refractivity contribution in [2.75, 3.05) is 7.05 Å². The van der Waals surface area contributed by atoms with Crippen LogP contribution >= 0.6 is 0 Å². The molecule has 2 unspecified atom stereocenters. The lowest BCUT2D eigenvalue weighted by Gasteiger charge is -2.24. The van der Waals surface area contributed by atoms with Crippen molar-refractivity contribution in [3.63, 3.8) is 0 Å². The molecule has 0 bridgehead atoms. The molecule has 0 heterocycles. The number of benzene rings is 1. The average Bonchev–Trinajstić information content (AvgIpc) is 2.68. The highest BCUT2D eigenvalue weighted by Crippen LogP contribution is 2.40. The van der Waals surface area contributed by atoms with E-state index in [0.29, 0.717) is 6.42 Å². The number of aryl methyl sites for hydroxylation is 1. The second-order valence-electron chi connectivity index (χ2n) is 5.38. The summed E-state index contributed by atoms with van der Waals surface area (Å²) in [5, 5.41) is 3.22. The largest absolute Gasteiger partial charge is 0.316 e. The smallest absolute Gasteiger partial charge is 0.248 e. The summed E-state index contributed by atoms with van der Waals surface area (Å²) in [6.07, 6.45) is 1.54. The standard InChI is InChI=1S/C15H21F2N/c1-11-5-3-4-6-12(11)9-14(18-2)13-7-8-15(16,17)10-13/h3-6,13-14,18H,7-10H2,1-2H3. The Kier molecular flexibility index (Phi) is 4.00. The number of hydrogen-bond acceptors (Lipinski definition) is 1. The van der Waals surface area contributed by atoms with Crippen LogP contribution in [0.5, 0.6) is 0 Å². The lowest BCUT2D eigenvalue weighted by Crippen LogP contribution is -2.35. The van der Waals surface area contributed by atoms with Crippen molar-refractivity contribution in [1.82, 2.24) is 5.32 Å². The van der Waals surface area contributed by atoms with Crippen LogP contribution in [0.25, 0.3) is 0 Å². The molecule has 0 spiro atoms. The summed E-state index contributed by atoms with van der Waals surface area (Å²) in [5.74, 6) is -2.37. The van der Waals surface area contributed by atoms with Gasteiger partial charge in [0.05, 0.1) is 0 Å². The quantitative estimate of drug-likeness (QED) is 0.865. The molecule has 1 aliphatic rings. The molecule has 0 aliphatic heterocycles. The Balaban J connectivity index is 2.04. The molecule has 0 saturated heterocycles. The van der Waals surface area contributed by atoms with Crippen molar-refractivity contribution in [3.8, 4) is 0 Å². The summed E-state index contributed by atoms with van der Waals surface area (Å²) >= 11 is 0. The molecule has 0 aromatic heterocycles. The van der Waals surface area contributed by atoms with E-state index in [1.807, 2.05) is 19.2 Å². The third-order valence-corrected chi connectivity index (χ3v) is 4.08. The molecule has 18 heavy (non-hydrogen) atoms. The van der Waals surface area contributed by atoms with E-state index in [-0.39, 0.29) is 24.8 Å². The zero-order chi connectivity index (χ0) is 13.2. The van der Waals surface area contributed by atoms with E-state index >= 15 is 0 Å². The fraction of sp³-hybridized carbons (Fsp3) is 0.600. The molecule has 0 amide bonds. The molecular formula is C15H21F2N. The van der Waals surface area contributed by atoms with Gasteiger partial charge >= 0.3 is 0 Å². The van der Waals surface area contributed by atoms with Gasteiger partial charge in [0.25, 0.3) is 0 Å². The third-order valence-electron chi connectivity index (χ3n) is 4.08. The highest BCUT2D eigenvalue weighted by molar-refractivity contribution is 5.26. The minimum absolute atomic E-state index is 0.0321. The highest BCUT2D eigenvalue weighted by atomic mass is 19.3. The van der Waals surface area contributed by atoms with Gasteiger partial charge in [-0.15, -0.1) is 0 Å². The van der Waals surface area contributed by atoms with Crippen LogP contribution in [0.4, 0.5) is 8.78 Å². The van der Waals surface area contributed by atoms with E-state index < -0.39 is 5.92 Å². The number of nitrogens with one attached hydrogen (secondary N) is 1. The summed E-state index contributed by atoms with van der Waals surface area (Å²) in [5.41, 5.74) is 2.49. The van der Waals surface area contributed by atoms with Gasteiger partial charge in [-0.25, -0.2) is 8.78 Å². The maximum Gasteiger partial charge on any atom is 0.248 e. The maximum atomic E-state index is 13.3. The molecule has 2 rings (SSSR count). The molecule has 3 heteroatoms. The summed E-state index contributed by atoms with van der Waals surface area (Å²) in [6.45, 7) is 2.07. The minimum Gasteiger partial charge on any atom is -0.316 e. The predicted molar refractivity (Wildman–Crippen MR) is 70.0 cm³/mol. The molecule has 1 fully saturated rings. The molecule has 1 aromatic rings. The maximum absolute atomic E-state index is 13.3. The Morgan fingerprint density at radius 1 is 1.39 bits per heavy atom. The molecule has 1 N–H and O–H groups in total. The summed E-state index contributed by atoms with van der Waals surface area (Å²) in [4.78, 5) is 0. The van der Waals surface area contributed by atoms with Crippen molar-refractivity contribution < 1.29 is 8.78 Å². The van der Waals surface area contributed by atoms with E-state index in [2.05, 4.69) is 24.4 Å². The van der Waals surface area contributed by atoms with Gasteiger partial charge in [0.1, 0.15) is 0 Å². The van der Waals surface area contributed by atoms with E-state index in [9.17, 15) is 8.78 Å².